The number of thioether (sulfide) groups is 1. The number of primary amides is 1. The smallest absolute Gasteiger partial charge is 0.315 e. The molecular weight excluding hydrogens is 839 g/mol. The lowest BCUT2D eigenvalue weighted by Crippen LogP contribution is -2.53. The Hall–Kier alpha value is -5.90. The number of fused-ring (bicyclic) bond motifs is 2. The van der Waals surface area contributed by atoms with Gasteiger partial charge in [0, 0.05) is 59.8 Å². The van der Waals surface area contributed by atoms with E-state index >= 15 is 0 Å². The van der Waals surface area contributed by atoms with Gasteiger partial charge in [0.2, 0.25) is 47.3 Å². The van der Waals surface area contributed by atoms with Gasteiger partial charge in [-0.05, 0) is 56.1 Å². The first kappa shape index (κ1) is 49.8. The third kappa shape index (κ3) is 16.7. The highest BCUT2D eigenvalue weighted by Gasteiger charge is 2.42. The Kier molecular flexibility index (Phi) is 20.0. The van der Waals surface area contributed by atoms with Crippen LogP contribution in [0.5, 0.6) is 0 Å². The number of carbonyl (C=O) groups excluding carboxylic acids is 9. The SMILES string of the molecule is CC(C)CC(CC(=O)NO)C(=O)NCC(=O)N[C@@H](Cc1c[nH]c2ccccc12)C(=O)NCC(=O)NCC(=O)N[C@@H](CCCCNC(=O)CCCC[C@@H]1SC[C@@H]2NC(=O)N[C@@H]21)C(N)=O. The summed E-state index contributed by atoms with van der Waals surface area (Å²) in [5.41, 5.74) is 8.49. The monoisotopic (exact) mass is 899 g/mol. The standard InChI is InChI=1S/C41H61N11O10S/c1-23(2)15-24(17-33(54)52-62)39(59)46-21-36(57)49-29(16-25-18-44-27-10-4-3-9-26(25)27)40(60)47-19-34(55)45-20-35(56)48-28(38(42)58)11-7-8-14-43-32(53)13-6-5-12-31-37-30(22-63-31)50-41(61)51-37/h3-4,9-10,18,23-24,28-31,37,44,62H,5-8,11-17,19-22H2,1-2H3,(H2,42,58)(H,43,53)(H,45,55)(H,46,59)(H,47,60)(H,48,56)(H,49,57)(H,52,54)(H2,50,51,61)/t24?,28-,29-,30-,31-,37-/m0/s1. The molecule has 2 fully saturated rings. The van der Waals surface area contributed by atoms with Crippen molar-refractivity contribution in [1.29, 1.82) is 0 Å². The van der Waals surface area contributed by atoms with Crippen LogP contribution in [0.3, 0.4) is 0 Å². The first-order valence-electron chi connectivity index (χ1n) is 21.3. The van der Waals surface area contributed by atoms with E-state index in [1.807, 2.05) is 49.9 Å². The topological polar surface area (TPSA) is 324 Å². The van der Waals surface area contributed by atoms with E-state index in [0.29, 0.717) is 43.0 Å². The van der Waals surface area contributed by atoms with Crippen molar-refractivity contribution in [3.63, 3.8) is 0 Å². The van der Waals surface area contributed by atoms with Crippen LogP contribution in [0.25, 0.3) is 10.9 Å². The molecule has 2 aliphatic rings. The van der Waals surface area contributed by atoms with Gasteiger partial charge >= 0.3 is 6.03 Å². The Labute approximate surface area is 369 Å². The minimum atomic E-state index is -1.20. The van der Waals surface area contributed by atoms with Crippen LogP contribution < -0.4 is 53.7 Å². The minimum absolute atomic E-state index is 0.00949. The number of unbranched alkanes of at least 4 members (excludes halogenated alkanes) is 2. The molecule has 4 rings (SSSR count). The Balaban J connectivity index is 1.16. The summed E-state index contributed by atoms with van der Waals surface area (Å²) in [4.78, 5) is 115. The van der Waals surface area contributed by atoms with E-state index in [-0.39, 0.29) is 49.2 Å². The van der Waals surface area contributed by atoms with Crippen molar-refractivity contribution in [3.8, 4) is 0 Å². The number of hydrogen-bond donors (Lipinski definition) is 12. The maximum absolute atomic E-state index is 13.4. The van der Waals surface area contributed by atoms with Crippen molar-refractivity contribution >= 4 is 76.0 Å². The third-order valence-electron chi connectivity index (χ3n) is 10.7. The summed E-state index contributed by atoms with van der Waals surface area (Å²) in [7, 11) is 0. The lowest BCUT2D eigenvalue weighted by Gasteiger charge is -2.20. The average Bonchev–Trinajstić information content (AvgIpc) is 3.95. The van der Waals surface area contributed by atoms with Crippen LogP contribution in [0.2, 0.25) is 0 Å². The predicted octanol–water partition coefficient (Wildman–Crippen LogP) is -0.916. The van der Waals surface area contributed by atoms with Gasteiger partial charge < -0.3 is 53.3 Å². The van der Waals surface area contributed by atoms with Crippen molar-refractivity contribution < 1.29 is 48.4 Å². The van der Waals surface area contributed by atoms with Gasteiger partial charge in [0.1, 0.15) is 12.1 Å². The third-order valence-corrected chi connectivity index (χ3v) is 12.2. The number of aromatic nitrogens is 1. The highest BCUT2D eigenvalue weighted by Crippen LogP contribution is 2.33. The van der Waals surface area contributed by atoms with Crippen molar-refractivity contribution in [3.05, 3.63) is 36.0 Å². The van der Waals surface area contributed by atoms with Crippen molar-refractivity contribution in [1.82, 2.24) is 53.0 Å². The second-order valence-electron chi connectivity index (χ2n) is 16.2. The molecule has 10 amide bonds. The molecule has 1 aromatic heterocycles. The number of hydroxylamine groups is 1. The number of aromatic amines is 1. The van der Waals surface area contributed by atoms with E-state index in [1.54, 1.807) is 6.20 Å². The van der Waals surface area contributed by atoms with E-state index in [9.17, 15) is 43.2 Å². The number of benzene rings is 1. The molecule has 0 aliphatic carbocycles. The predicted molar refractivity (Wildman–Crippen MR) is 232 cm³/mol. The molecular formula is C41H61N11O10S. The van der Waals surface area contributed by atoms with Crippen LogP contribution in [0.4, 0.5) is 4.79 Å². The molecule has 2 aliphatic heterocycles. The molecule has 0 spiro atoms. The molecule has 22 heteroatoms. The zero-order chi connectivity index (χ0) is 45.9. The summed E-state index contributed by atoms with van der Waals surface area (Å²) in [5, 5.41) is 31.2. The summed E-state index contributed by atoms with van der Waals surface area (Å²) in [6.07, 6.45) is 5.83. The second kappa shape index (κ2) is 25.3. The highest BCUT2D eigenvalue weighted by atomic mass is 32.2. The van der Waals surface area contributed by atoms with Crippen molar-refractivity contribution in [2.45, 2.75) is 107 Å². The molecule has 6 atom stereocenters. The molecule has 2 saturated heterocycles. The fraction of sp³-hybridized carbons (Fsp3) is 0.585. The summed E-state index contributed by atoms with van der Waals surface area (Å²) in [6.45, 7) is 2.50. The van der Waals surface area contributed by atoms with Gasteiger partial charge in [0.25, 0.3) is 0 Å². The Morgan fingerprint density at radius 1 is 0.810 bits per heavy atom. The lowest BCUT2D eigenvalue weighted by atomic mass is 9.93. The van der Waals surface area contributed by atoms with Gasteiger partial charge in [-0.25, -0.2) is 10.3 Å². The second-order valence-corrected chi connectivity index (χ2v) is 17.5. The van der Waals surface area contributed by atoms with Gasteiger partial charge in [-0.3, -0.25) is 43.6 Å². The van der Waals surface area contributed by atoms with Gasteiger partial charge in [-0.2, -0.15) is 11.8 Å². The number of para-hydroxylation sites is 1. The van der Waals surface area contributed by atoms with Crippen LogP contribution in [0.1, 0.15) is 77.2 Å². The fourth-order valence-corrected chi connectivity index (χ4v) is 9.08. The number of hydrogen-bond acceptors (Lipinski definition) is 11. The molecule has 0 radical (unpaired) electrons. The van der Waals surface area contributed by atoms with Crippen LogP contribution in [0.15, 0.2) is 30.5 Å². The van der Waals surface area contributed by atoms with E-state index in [4.69, 9.17) is 10.9 Å². The largest absolute Gasteiger partial charge is 0.368 e. The van der Waals surface area contributed by atoms with E-state index in [0.717, 1.165) is 35.9 Å². The van der Waals surface area contributed by atoms with Crippen LogP contribution >= 0.6 is 11.8 Å². The maximum atomic E-state index is 13.4. The molecule has 0 bridgehead atoms. The first-order chi connectivity index (χ1) is 30.1. The van der Waals surface area contributed by atoms with Gasteiger partial charge in [-0.1, -0.05) is 38.5 Å². The number of nitrogens with two attached hydrogens (primary N) is 1. The number of amides is 10. The summed E-state index contributed by atoms with van der Waals surface area (Å²) < 4.78 is 0. The molecule has 2 aromatic rings. The molecule has 1 unspecified atom stereocenters. The minimum Gasteiger partial charge on any atom is -0.368 e. The van der Waals surface area contributed by atoms with Gasteiger partial charge in [-0.15, -0.1) is 0 Å². The molecule has 0 saturated carbocycles. The Morgan fingerprint density at radius 3 is 2.24 bits per heavy atom. The van der Waals surface area contributed by atoms with Crippen LogP contribution in [-0.2, 0) is 44.8 Å². The quantitative estimate of drug-likeness (QED) is 0.0225. The fourth-order valence-electron chi connectivity index (χ4n) is 7.53. The molecule has 63 heavy (non-hydrogen) atoms. The Morgan fingerprint density at radius 2 is 1.51 bits per heavy atom. The normalized spacial score (nSPS) is 17.9. The molecule has 346 valence electrons. The first-order valence-corrected chi connectivity index (χ1v) is 22.3. The molecule has 3 heterocycles. The number of H-pyrrole nitrogens is 1. The van der Waals surface area contributed by atoms with Gasteiger partial charge in [0.05, 0.1) is 31.7 Å². The summed E-state index contributed by atoms with van der Waals surface area (Å²) >= 11 is 1.84. The van der Waals surface area contributed by atoms with Crippen LogP contribution in [0, 0.1) is 11.8 Å². The highest BCUT2D eigenvalue weighted by molar-refractivity contribution is 8.00. The summed E-state index contributed by atoms with van der Waals surface area (Å²) in [5.74, 6) is -4.94. The van der Waals surface area contributed by atoms with Crippen LogP contribution in [-0.4, -0.2) is 125 Å². The lowest BCUT2D eigenvalue weighted by molar-refractivity contribution is -0.136. The van der Waals surface area contributed by atoms with E-state index in [2.05, 4.69) is 47.5 Å². The number of carbonyl (C=O) groups is 9. The van der Waals surface area contributed by atoms with Crippen molar-refractivity contribution in [2.24, 2.45) is 17.6 Å². The molecule has 1 aromatic carbocycles. The zero-order valence-corrected chi connectivity index (χ0v) is 36.5. The number of nitrogens with one attached hydrogen (secondary N) is 10. The zero-order valence-electron chi connectivity index (χ0n) is 35.6. The Bertz CT molecular complexity index is 1940. The average molecular weight is 900 g/mol. The molecule has 21 nitrogen and oxygen atoms in total. The van der Waals surface area contributed by atoms with E-state index < -0.39 is 79.0 Å². The maximum Gasteiger partial charge on any atom is 0.315 e. The summed E-state index contributed by atoms with van der Waals surface area (Å²) in [6, 6.07) is 5.30. The van der Waals surface area contributed by atoms with Gasteiger partial charge in [0.15, 0.2) is 0 Å². The molecule has 13 N–H and O–H groups in total. The van der Waals surface area contributed by atoms with Crippen molar-refractivity contribution in [2.75, 3.05) is 31.9 Å². The number of urea groups is 1. The number of rotatable bonds is 27. The van der Waals surface area contributed by atoms with E-state index in [1.165, 1.54) is 5.48 Å².